The van der Waals surface area contributed by atoms with E-state index in [0.29, 0.717) is 17.9 Å². The number of amides is 1. The Hall–Kier alpha value is -2.30. The van der Waals surface area contributed by atoms with Gasteiger partial charge in [-0.15, -0.1) is 0 Å². The first kappa shape index (κ1) is 26.7. The molecule has 0 aliphatic rings. The standard InChI is InChI=1S/C26H41NO4/c1-5-6-7-8-9-10-11-12-13-14-15-26(29)30-19-18-23-16-17-24(31-21(2)3)20-25(23)27-22(4)28/h16-21H,5-15H2,1-4H3,(H,27,28)/b19-18+. The Balaban J connectivity index is 2.32. The quantitative estimate of drug-likeness (QED) is 0.170. The molecular formula is C26H41NO4. The molecule has 1 aromatic carbocycles. The average molecular weight is 432 g/mol. The third-order valence-electron chi connectivity index (χ3n) is 4.89. The van der Waals surface area contributed by atoms with E-state index in [4.69, 9.17) is 9.47 Å². The Kier molecular flexibility index (Phi) is 14.1. The maximum Gasteiger partial charge on any atom is 0.310 e. The summed E-state index contributed by atoms with van der Waals surface area (Å²) in [4.78, 5) is 23.4. The van der Waals surface area contributed by atoms with Gasteiger partial charge in [-0.25, -0.2) is 0 Å². The number of rotatable bonds is 16. The van der Waals surface area contributed by atoms with Crippen molar-refractivity contribution in [2.45, 2.75) is 104 Å². The van der Waals surface area contributed by atoms with Crippen LogP contribution in [0.1, 0.15) is 104 Å². The van der Waals surface area contributed by atoms with E-state index in [1.54, 1.807) is 12.1 Å². The highest BCUT2D eigenvalue weighted by Gasteiger charge is 2.07. The summed E-state index contributed by atoms with van der Waals surface area (Å²) in [5.74, 6) is 0.278. The van der Waals surface area contributed by atoms with Crippen molar-refractivity contribution in [1.29, 1.82) is 0 Å². The van der Waals surface area contributed by atoms with E-state index in [1.165, 1.54) is 64.6 Å². The molecule has 0 fully saturated rings. The number of hydrogen-bond acceptors (Lipinski definition) is 4. The molecule has 0 unspecified atom stereocenters. The topological polar surface area (TPSA) is 64.6 Å². The highest BCUT2D eigenvalue weighted by atomic mass is 16.5. The molecule has 174 valence electrons. The first-order chi connectivity index (χ1) is 14.9. The third-order valence-corrected chi connectivity index (χ3v) is 4.89. The Morgan fingerprint density at radius 3 is 2.16 bits per heavy atom. The first-order valence-corrected chi connectivity index (χ1v) is 11.9. The fourth-order valence-corrected chi connectivity index (χ4v) is 3.32. The van der Waals surface area contributed by atoms with Crippen LogP contribution in [0.4, 0.5) is 5.69 Å². The molecule has 1 rings (SSSR count). The van der Waals surface area contributed by atoms with Crippen LogP contribution in [-0.4, -0.2) is 18.0 Å². The van der Waals surface area contributed by atoms with Crippen LogP contribution in [0.2, 0.25) is 0 Å². The van der Waals surface area contributed by atoms with Gasteiger partial charge in [-0.3, -0.25) is 9.59 Å². The minimum atomic E-state index is -0.225. The molecule has 0 aliphatic heterocycles. The number of nitrogens with one attached hydrogen (secondary N) is 1. The van der Waals surface area contributed by atoms with Gasteiger partial charge in [0, 0.05) is 25.0 Å². The summed E-state index contributed by atoms with van der Waals surface area (Å²) in [5.41, 5.74) is 1.37. The predicted molar refractivity (Wildman–Crippen MR) is 128 cm³/mol. The van der Waals surface area contributed by atoms with Crippen molar-refractivity contribution < 1.29 is 19.1 Å². The monoisotopic (exact) mass is 431 g/mol. The van der Waals surface area contributed by atoms with Gasteiger partial charge in [-0.1, -0.05) is 64.7 Å². The lowest BCUT2D eigenvalue weighted by atomic mass is 10.1. The fraction of sp³-hybridized carbons (Fsp3) is 0.615. The molecule has 31 heavy (non-hydrogen) atoms. The van der Waals surface area contributed by atoms with Gasteiger partial charge >= 0.3 is 5.97 Å². The number of benzene rings is 1. The number of ether oxygens (including phenoxy) is 2. The minimum Gasteiger partial charge on any atom is -0.491 e. The van der Waals surface area contributed by atoms with E-state index in [2.05, 4.69) is 12.2 Å². The average Bonchev–Trinajstić information content (AvgIpc) is 2.70. The molecule has 1 N–H and O–H groups in total. The van der Waals surface area contributed by atoms with Crippen LogP contribution in [0.5, 0.6) is 5.75 Å². The summed E-state index contributed by atoms with van der Waals surface area (Å²) in [6.45, 7) is 7.58. The molecule has 0 heterocycles. The van der Waals surface area contributed by atoms with Crippen LogP contribution in [-0.2, 0) is 14.3 Å². The number of hydrogen-bond donors (Lipinski definition) is 1. The summed E-state index contributed by atoms with van der Waals surface area (Å²) in [7, 11) is 0. The molecule has 5 heteroatoms. The van der Waals surface area contributed by atoms with Gasteiger partial charge in [-0.05, 0) is 38.5 Å². The summed E-state index contributed by atoms with van der Waals surface area (Å²) in [6.07, 6.45) is 15.9. The van der Waals surface area contributed by atoms with Crippen LogP contribution in [0.25, 0.3) is 6.08 Å². The lowest BCUT2D eigenvalue weighted by molar-refractivity contribution is -0.138. The lowest BCUT2D eigenvalue weighted by Crippen LogP contribution is -2.09. The Bertz CT molecular complexity index is 682. The summed E-state index contributed by atoms with van der Waals surface area (Å²) in [6, 6.07) is 5.43. The second kappa shape index (κ2) is 16.4. The Morgan fingerprint density at radius 1 is 0.968 bits per heavy atom. The zero-order valence-electron chi connectivity index (χ0n) is 19.9. The minimum absolute atomic E-state index is 0.0401. The molecule has 0 atom stereocenters. The molecule has 0 saturated carbocycles. The fourth-order valence-electron chi connectivity index (χ4n) is 3.32. The highest BCUT2D eigenvalue weighted by Crippen LogP contribution is 2.25. The number of carbonyl (C=O) groups excluding carboxylic acids is 2. The van der Waals surface area contributed by atoms with Gasteiger partial charge in [0.15, 0.2) is 0 Å². The molecule has 0 saturated heterocycles. The number of esters is 1. The van der Waals surface area contributed by atoms with E-state index in [1.807, 2.05) is 26.0 Å². The summed E-state index contributed by atoms with van der Waals surface area (Å²) in [5, 5.41) is 2.79. The Morgan fingerprint density at radius 2 is 1.58 bits per heavy atom. The van der Waals surface area contributed by atoms with Gasteiger partial charge < -0.3 is 14.8 Å². The van der Waals surface area contributed by atoms with Crippen LogP contribution in [0, 0.1) is 0 Å². The van der Waals surface area contributed by atoms with Crippen LogP contribution < -0.4 is 10.1 Å². The molecule has 5 nitrogen and oxygen atoms in total. The zero-order valence-corrected chi connectivity index (χ0v) is 19.9. The second-order valence-corrected chi connectivity index (χ2v) is 8.32. The zero-order chi connectivity index (χ0) is 22.9. The molecular weight excluding hydrogens is 390 g/mol. The molecule has 0 bridgehead atoms. The van der Waals surface area contributed by atoms with Crippen LogP contribution >= 0.6 is 0 Å². The molecule has 1 aromatic rings. The van der Waals surface area contributed by atoms with Crippen molar-refractivity contribution in [1.82, 2.24) is 0 Å². The van der Waals surface area contributed by atoms with Crippen molar-refractivity contribution in [3.63, 3.8) is 0 Å². The Labute approximate surface area is 188 Å². The SMILES string of the molecule is CCCCCCCCCCCCC(=O)O/C=C/c1ccc(OC(C)C)cc1NC(C)=O. The van der Waals surface area contributed by atoms with Gasteiger partial charge in [0.1, 0.15) is 5.75 Å². The van der Waals surface area contributed by atoms with Crippen LogP contribution in [0.15, 0.2) is 24.5 Å². The largest absolute Gasteiger partial charge is 0.491 e. The third kappa shape index (κ3) is 13.6. The number of anilines is 1. The van der Waals surface area contributed by atoms with Crippen molar-refractivity contribution in [2.24, 2.45) is 0 Å². The summed E-state index contributed by atoms with van der Waals surface area (Å²) < 4.78 is 10.9. The van der Waals surface area contributed by atoms with Gasteiger partial charge in [0.2, 0.25) is 5.91 Å². The van der Waals surface area contributed by atoms with E-state index < -0.39 is 0 Å². The highest BCUT2D eigenvalue weighted by molar-refractivity contribution is 5.91. The molecule has 0 spiro atoms. The first-order valence-electron chi connectivity index (χ1n) is 11.9. The normalized spacial score (nSPS) is 11.1. The van der Waals surface area contributed by atoms with Gasteiger partial charge in [-0.2, -0.15) is 0 Å². The van der Waals surface area contributed by atoms with Crippen molar-refractivity contribution in [3.05, 3.63) is 30.0 Å². The number of carbonyl (C=O) groups is 2. The maximum absolute atomic E-state index is 11.9. The van der Waals surface area contributed by atoms with Crippen molar-refractivity contribution in [3.8, 4) is 5.75 Å². The number of unbranched alkanes of at least 4 members (excludes halogenated alkanes) is 9. The van der Waals surface area contributed by atoms with Gasteiger partial charge in [0.05, 0.1) is 18.1 Å². The van der Waals surface area contributed by atoms with Gasteiger partial charge in [0.25, 0.3) is 0 Å². The lowest BCUT2D eigenvalue weighted by Gasteiger charge is -2.13. The maximum atomic E-state index is 11.9. The summed E-state index contributed by atoms with van der Waals surface area (Å²) >= 11 is 0. The van der Waals surface area contributed by atoms with E-state index in [-0.39, 0.29) is 18.0 Å². The van der Waals surface area contributed by atoms with E-state index in [0.717, 1.165) is 18.4 Å². The van der Waals surface area contributed by atoms with Crippen LogP contribution in [0.3, 0.4) is 0 Å². The van der Waals surface area contributed by atoms with Crippen molar-refractivity contribution in [2.75, 3.05) is 5.32 Å². The van der Waals surface area contributed by atoms with Crippen molar-refractivity contribution >= 4 is 23.6 Å². The second-order valence-electron chi connectivity index (χ2n) is 8.32. The van der Waals surface area contributed by atoms with E-state index in [9.17, 15) is 9.59 Å². The van der Waals surface area contributed by atoms with E-state index >= 15 is 0 Å². The smallest absolute Gasteiger partial charge is 0.310 e. The molecule has 0 aromatic heterocycles. The molecule has 0 radical (unpaired) electrons. The molecule has 1 amide bonds. The molecule has 0 aliphatic carbocycles. The predicted octanol–water partition coefficient (Wildman–Crippen LogP) is 7.26.